The number of hydrogen-bond donors (Lipinski definition) is 1. The molecular formula is C18H15N7O2. The van der Waals surface area contributed by atoms with Gasteiger partial charge >= 0.3 is 0 Å². The number of carbonyl (C=O) groups is 1. The van der Waals surface area contributed by atoms with E-state index < -0.39 is 0 Å². The van der Waals surface area contributed by atoms with Crippen LogP contribution in [0.4, 0.5) is 5.69 Å². The Hall–Kier alpha value is -3.88. The molecule has 4 rings (SSSR count). The highest BCUT2D eigenvalue weighted by Gasteiger charge is 2.15. The second-order valence-corrected chi connectivity index (χ2v) is 5.82. The van der Waals surface area contributed by atoms with Crippen LogP contribution in [0, 0.1) is 0 Å². The third-order valence-electron chi connectivity index (χ3n) is 3.83. The summed E-state index contributed by atoms with van der Waals surface area (Å²) in [7, 11) is 1.70. The number of nitrogens with zero attached hydrogens (tertiary/aromatic N) is 6. The van der Waals surface area contributed by atoms with Crippen molar-refractivity contribution >= 4 is 11.6 Å². The summed E-state index contributed by atoms with van der Waals surface area (Å²) in [6.07, 6.45) is 5.28. The molecule has 9 heteroatoms. The molecule has 0 bridgehead atoms. The molecule has 4 aromatic rings. The summed E-state index contributed by atoms with van der Waals surface area (Å²) >= 11 is 0. The van der Waals surface area contributed by atoms with E-state index in [0.29, 0.717) is 23.8 Å². The lowest BCUT2D eigenvalue weighted by Crippen LogP contribution is -2.14. The lowest BCUT2D eigenvalue weighted by atomic mass is 10.1. The Morgan fingerprint density at radius 1 is 1.22 bits per heavy atom. The number of rotatable bonds is 5. The van der Waals surface area contributed by atoms with Gasteiger partial charge in [-0.25, -0.2) is 0 Å². The Morgan fingerprint density at radius 2 is 2.11 bits per heavy atom. The van der Waals surface area contributed by atoms with Crippen LogP contribution >= 0.6 is 0 Å². The zero-order valence-electron chi connectivity index (χ0n) is 14.4. The number of carbonyl (C=O) groups excluding carboxylic acids is 1. The number of amides is 1. The standard InChI is InChI=1S/C18H15N7O2/c1-25-11-15(22-24-25)18(26)20-14-7-3-2-5-12(14)9-16-21-17(23-27-16)13-6-4-8-19-10-13/h2-8,10-11H,9H2,1H3,(H,20,26). The van der Waals surface area contributed by atoms with E-state index >= 15 is 0 Å². The highest BCUT2D eigenvalue weighted by atomic mass is 16.5. The molecule has 0 aliphatic heterocycles. The minimum absolute atomic E-state index is 0.240. The molecule has 0 unspecified atom stereocenters. The first-order chi connectivity index (χ1) is 13.2. The molecule has 0 aliphatic rings. The van der Waals surface area contributed by atoms with Crippen molar-refractivity contribution in [2.45, 2.75) is 6.42 Å². The molecular weight excluding hydrogens is 346 g/mol. The third-order valence-corrected chi connectivity index (χ3v) is 3.83. The predicted octanol–water partition coefficient (Wildman–Crippen LogP) is 2.10. The maximum absolute atomic E-state index is 12.3. The van der Waals surface area contributed by atoms with E-state index in [-0.39, 0.29) is 11.6 Å². The van der Waals surface area contributed by atoms with Crippen molar-refractivity contribution in [3.8, 4) is 11.4 Å². The molecule has 134 valence electrons. The fraction of sp³-hybridized carbons (Fsp3) is 0.111. The highest BCUT2D eigenvalue weighted by Crippen LogP contribution is 2.21. The largest absolute Gasteiger partial charge is 0.339 e. The number of aromatic nitrogens is 6. The van der Waals surface area contributed by atoms with Crippen LogP contribution < -0.4 is 5.32 Å². The first-order valence-corrected chi connectivity index (χ1v) is 8.17. The van der Waals surface area contributed by atoms with Crippen molar-refractivity contribution in [1.29, 1.82) is 0 Å². The first kappa shape index (κ1) is 16.6. The van der Waals surface area contributed by atoms with Crippen molar-refractivity contribution in [1.82, 2.24) is 30.1 Å². The molecule has 0 fully saturated rings. The van der Waals surface area contributed by atoms with Crippen molar-refractivity contribution in [2.75, 3.05) is 5.32 Å². The minimum Gasteiger partial charge on any atom is -0.339 e. The number of benzene rings is 1. The first-order valence-electron chi connectivity index (χ1n) is 8.17. The van der Waals surface area contributed by atoms with E-state index in [9.17, 15) is 4.79 Å². The van der Waals surface area contributed by atoms with Crippen LogP contribution in [0.15, 0.2) is 59.5 Å². The molecule has 1 aromatic carbocycles. The fourth-order valence-corrected chi connectivity index (χ4v) is 2.54. The van der Waals surface area contributed by atoms with Gasteiger partial charge in [-0.2, -0.15) is 4.98 Å². The van der Waals surface area contributed by atoms with Gasteiger partial charge in [0.05, 0.1) is 12.6 Å². The van der Waals surface area contributed by atoms with E-state index in [2.05, 4.69) is 30.8 Å². The maximum atomic E-state index is 12.3. The molecule has 27 heavy (non-hydrogen) atoms. The Kier molecular flexibility index (Phi) is 4.40. The quantitative estimate of drug-likeness (QED) is 0.579. The van der Waals surface area contributed by atoms with Gasteiger partial charge in [-0.15, -0.1) is 5.10 Å². The summed E-state index contributed by atoms with van der Waals surface area (Å²) in [4.78, 5) is 20.8. The Bertz CT molecular complexity index is 1070. The van der Waals surface area contributed by atoms with Crippen molar-refractivity contribution in [2.24, 2.45) is 7.05 Å². The molecule has 1 N–H and O–H groups in total. The number of anilines is 1. The van der Waals surface area contributed by atoms with E-state index in [1.165, 1.54) is 4.68 Å². The Morgan fingerprint density at radius 3 is 2.89 bits per heavy atom. The normalized spacial score (nSPS) is 10.7. The van der Waals surface area contributed by atoms with Crippen LogP contribution in [0.1, 0.15) is 21.9 Å². The summed E-state index contributed by atoms with van der Waals surface area (Å²) in [6, 6.07) is 11.1. The number of hydrogen-bond acceptors (Lipinski definition) is 7. The van der Waals surface area contributed by atoms with Gasteiger partial charge in [-0.3, -0.25) is 14.5 Å². The van der Waals surface area contributed by atoms with Crippen molar-refractivity contribution in [3.05, 3.63) is 72.1 Å². The lowest BCUT2D eigenvalue weighted by molar-refractivity contribution is 0.102. The van der Waals surface area contributed by atoms with Crippen molar-refractivity contribution < 1.29 is 9.32 Å². The molecule has 0 aliphatic carbocycles. The monoisotopic (exact) mass is 361 g/mol. The van der Waals surface area contributed by atoms with Crippen LogP contribution in [0.5, 0.6) is 0 Å². The molecule has 0 saturated heterocycles. The second kappa shape index (κ2) is 7.16. The van der Waals surface area contributed by atoms with Gasteiger partial charge in [0.1, 0.15) is 0 Å². The third kappa shape index (κ3) is 3.71. The zero-order chi connectivity index (χ0) is 18.6. The molecule has 0 saturated carbocycles. The van der Waals surface area contributed by atoms with Crippen LogP contribution in [-0.2, 0) is 13.5 Å². The molecule has 1 amide bonds. The SMILES string of the molecule is Cn1cc(C(=O)Nc2ccccc2Cc2nc(-c3cccnc3)no2)nn1. The topological polar surface area (TPSA) is 112 Å². The van der Waals surface area contributed by atoms with Gasteiger partial charge in [-0.05, 0) is 23.8 Å². The maximum Gasteiger partial charge on any atom is 0.277 e. The van der Waals surface area contributed by atoms with Crippen molar-refractivity contribution in [3.63, 3.8) is 0 Å². The molecule has 3 heterocycles. The van der Waals surface area contributed by atoms with Gasteiger partial charge in [0.15, 0.2) is 5.69 Å². The molecule has 0 radical (unpaired) electrons. The van der Waals surface area contributed by atoms with E-state index in [0.717, 1.165) is 11.1 Å². The van der Waals surface area contributed by atoms with E-state index in [1.54, 1.807) is 25.6 Å². The summed E-state index contributed by atoms with van der Waals surface area (Å²) in [5.74, 6) is 0.575. The lowest BCUT2D eigenvalue weighted by Gasteiger charge is -2.08. The van der Waals surface area contributed by atoms with Crippen LogP contribution in [0.2, 0.25) is 0 Å². The molecule has 3 aromatic heterocycles. The van der Waals surface area contributed by atoms with Gasteiger partial charge in [-0.1, -0.05) is 28.6 Å². The number of pyridine rings is 1. The average molecular weight is 361 g/mol. The van der Waals surface area contributed by atoms with Crippen LogP contribution in [0.3, 0.4) is 0 Å². The Balaban J connectivity index is 1.53. The van der Waals surface area contributed by atoms with Gasteiger partial charge in [0.25, 0.3) is 5.91 Å². The second-order valence-electron chi connectivity index (χ2n) is 5.82. The average Bonchev–Trinajstić information content (AvgIpc) is 3.33. The van der Waals surface area contributed by atoms with E-state index in [4.69, 9.17) is 4.52 Å². The fourth-order valence-electron chi connectivity index (χ4n) is 2.54. The Labute approximate surface area is 154 Å². The minimum atomic E-state index is -0.336. The van der Waals surface area contributed by atoms with Crippen LogP contribution in [0.25, 0.3) is 11.4 Å². The zero-order valence-corrected chi connectivity index (χ0v) is 14.4. The van der Waals surface area contributed by atoms with Crippen LogP contribution in [-0.4, -0.2) is 36.0 Å². The molecule has 9 nitrogen and oxygen atoms in total. The van der Waals surface area contributed by atoms with Gasteiger partial charge in [0, 0.05) is 30.7 Å². The van der Waals surface area contributed by atoms with Gasteiger partial charge in [0.2, 0.25) is 11.7 Å². The molecule has 0 spiro atoms. The summed E-state index contributed by atoms with van der Waals surface area (Å²) in [5.41, 5.74) is 2.51. The van der Waals surface area contributed by atoms with Gasteiger partial charge < -0.3 is 9.84 Å². The smallest absolute Gasteiger partial charge is 0.277 e. The summed E-state index contributed by atoms with van der Waals surface area (Å²) < 4.78 is 6.82. The predicted molar refractivity (Wildman–Crippen MR) is 95.7 cm³/mol. The molecule has 0 atom stereocenters. The number of aryl methyl sites for hydroxylation is 1. The number of para-hydroxylation sites is 1. The summed E-state index contributed by atoms with van der Waals surface area (Å²) in [5, 5.41) is 14.4. The van der Waals surface area contributed by atoms with E-state index in [1.807, 2.05) is 36.4 Å². The highest BCUT2D eigenvalue weighted by molar-refractivity contribution is 6.03. The summed E-state index contributed by atoms with van der Waals surface area (Å²) in [6.45, 7) is 0. The number of nitrogens with one attached hydrogen (secondary N) is 1.